The Hall–Kier alpha value is -4.30. The highest BCUT2D eigenvalue weighted by molar-refractivity contribution is 5.92. The number of hydrogen-bond donors (Lipinski definition) is 1. The monoisotopic (exact) mass is 393 g/mol. The van der Waals surface area contributed by atoms with Crippen LogP contribution < -0.4 is 10.4 Å². The summed E-state index contributed by atoms with van der Waals surface area (Å²) in [4.78, 5) is 12.9. The first-order valence-corrected chi connectivity index (χ1v) is 9.49. The number of benzene rings is 4. The van der Waals surface area contributed by atoms with E-state index in [0.29, 0.717) is 11.3 Å². The lowest BCUT2D eigenvalue weighted by Gasteiger charge is -2.24. The van der Waals surface area contributed by atoms with Crippen LogP contribution in [0.3, 0.4) is 0 Å². The Morgan fingerprint density at radius 3 is 2.43 bits per heavy atom. The highest BCUT2D eigenvalue weighted by atomic mass is 16.6. The molecule has 0 saturated carbocycles. The molecule has 1 amide bonds. The fourth-order valence-corrected chi connectivity index (χ4v) is 3.10. The molecule has 146 valence electrons. The van der Waals surface area contributed by atoms with E-state index in [4.69, 9.17) is 4.74 Å². The van der Waals surface area contributed by atoms with Crippen molar-refractivity contribution in [2.24, 2.45) is 0 Å². The molecule has 1 N–H and O–H groups in total. The number of carbonyl (C=O) groups excluding carboxylic acids is 1. The van der Waals surface area contributed by atoms with Crippen LogP contribution in [0.15, 0.2) is 97.1 Å². The van der Waals surface area contributed by atoms with Gasteiger partial charge in [0.25, 0.3) is 0 Å². The second-order valence-corrected chi connectivity index (χ2v) is 6.71. The Bertz CT molecular complexity index is 1220. The number of nitrogens with zero attached hydrogens (tertiary/aromatic N) is 2. The summed E-state index contributed by atoms with van der Waals surface area (Å²) in [5.41, 5.74) is 5.71. The van der Waals surface area contributed by atoms with Crippen LogP contribution in [0.4, 0.5) is 16.2 Å². The molecule has 4 aromatic rings. The fourth-order valence-electron chi connectivity index (χ4n) is 3.10. The Labute approximate surface area is 174 Å². The van der Waals surface area contributed by atoms with Crippen LogP contribution in [0.2, 0.25) is 0 Å². The van der Waals surface area contributed by atoms with Crippen LogP contribution in [-0.4, -0.2) is 6.09 Å². The molecule has 0 fully saturated rings. The predicted molar refractivity (Wildman–Crippen MR) is 118 cm³/mol. The first kappa shape index (κ1) is 19.0. The van der Waals surface area contributed by atoms with Gasteiger partial charge in [-0.15, -0.1) is 0 Å². The van der Waals surface area contributed by atoms with Gasteiger partial charge < -0.3 is 4.74 Å². The van der Waals surface area contributed by atoms with E-state index in [-0.39, 0.29) is 6.61 Å². The summed E-state index contributed by atoms with van der Waals surface area (Å²) in [6.07, 6.45) is -0.567. The maximum absolute atomic E-state index is 12.9. The van der Waals surface area contributed by atoms with E-state index >= 15 is 0 Å². The quantitative estimate of drug-likeness (QED) is 0.430. The van der Waals surface area contributed by atoms with Crippen molar-refractivity contribution in [3.8, 4) is 6.07 Å². The summed E-state index contributed by atoms with van der Waals surface area (Å²) in [6, 6.07) is 32.2. The van der Waals surface area contributed by atoms with Crippen LogP contribution in [0.1, 0.15) is 11.1 Å². The molecule has 0 heterocycles. The number of nitriles is 1. The largest absolute Gasteiger partial charge is 0.443 e. The maximum atomic E-state index is 12.9. The molecule has 4 rings (SSSR count). The third kappa shape index (κ3) is 4.40. The second-order valence-electron chi connectivity index (χ2n) is 6.71. The van der Waals surface area contributed by atoms with E-state index in [1.165, 1.54) is 5.01 Å². The van der Waals surface area contributed by atoms with Gasteiger partial charge >= 0.3 is 6.09 Å². The summed E-state index contributed by atoms with van der Waals surface area (Å²) < 4.78 is 5.52. The van der Waals surface area contributed by atoms with Gasteiger partial charge in [-0.25, -0.2) is 4.79 Å². The predicted octanol–water partition coefficient (Wildman–Crippen LogP) is 5.88. The van der Waals surface area contributed by atoms with Gasteiger partial charge in [0.05, 0.1) is 23.0 Å². The molecule has 0 aliphatic carbocycles. The Morgan fingerprint density at radius 2 is 1.63 bits per heavy atom. The smallest absolute Gasteiger partial charge is 0.433 e. The van der Waals surface area contributed by atoms with Crippen molar-refractivity contribution < 1.29 is 9.53 Å². The molecular weight excluding hydrogens is 374 g/mol. The molecule has 0 atom stereocenters. The topological polar surface area (TPSA) is 65.4 Å². The summed E-state index contributed by atoms with van der Waals surface area (Å²) in [7, 11) is 0. The van der Waals surface area contributed by atoms with Gasteiger partial charge in [-0.2, -0.15) is 10.3 Å². The Kier molecular flexibility index (Phi) is 5.59. The zero-order valence-corrected chi connectivity index (χ0v) is 16.2. The molecule has 30 heavy (non-hydrogen) atoms. The van der Waals surface area contributed by atoms with Crippen LogP contribution in [0, 0.1) is 11.3 Å². The van der Waals surface area contributed by atoms with Crippen LogP contribution in [0.5, 0.6) is 0 Å². The van der Waals surface area contributed by atoms with E-state index in [9.17, 15) is 10.1 Å². The first-order valence-electron chi connectivity index (χ1n) is 9.49. The normalized spacial score (nSPS) is 10.2. The summed E-state index contributed by atoms with van der Waals surface area (Å²) in [5, 5.41) is 12.7. The van der Waals surface area contributed by atoms with Crippen molar-refractivity contribution in [2.45, 2.75) is 6.61 Å². The third-order valence-corrected chi connectivity index (χ3v) is 4.61. The molecule has 0 unspecified atom stereocenters. The third-order valence-electron chi connectivity index (χ3n) is 4.61. The van der Waals surface area contributed by atoms with E-state index in [2.05, 4.69) is 11.5 Å². The molecule has 0 saturated heterocycles. The van der Waals surface area contributed by atoms with Crippen molar-refractivity contribution >= 4 is 28.2 Å². The Morgan fingerprint density at radius 1 is 0.867 bits per heavy atom. The zero-order valence-electron chi connectivity index (χ0n) is 16.2. The summed E-state index contributed by atoms with van der Waals surface area (Å²) >= 11 is 0. The first-order chi connectivity index (χ1) is 14.7. The molecule has 5 heteroatoms. The van der Waals surface area contributed by atoms with E-state index < -0.39 is 6.09 Å². The minimum atomic E-state index is -0.567. The van der Waals surface area contributed by atoms with Gasteiger partial charge in [-0.1, -0.05) is 66.7 Å². The lowest BCUT2D eigenvalue weighted by molar-refractivity contribution is 0.148. The molecule has 0 aromatic heterocycles. The fraction of sp³-hybridized carbons (Fsp3) is 0.0400. The van der Waals surface area contributed by atoms with Crippen molar-refractivity contribution in [3.05, 3.63) is 108 Å². The van der Waals surface area contributed by atoms with E-state index in [1.807, 2.05) is 72.8 Å². The zero-order chi connectivity index (χ0) is 20.8. The summed E-state index contributed by atoms with van der Waals surface area (Å²) in [6.45, 7) is 0.146. The SMILES string of the molecule is N#Cc1cccc(N(Nc2ccc3ccccc3c2)C(=O)OCc2ccccc2)c1. The lowest BCUT2D eigenvalue weighted by atomic mass is 10.1. The molecule has 0 bridgehead atoms. The van der Waals surface area contributed by atoms with Crippen molar-refractivity contribution in [1.29, 1.82) is 5.26 Å². The molecule has 0 aliphatic rings. The van der Waals surface area contributed by atoms with Gasteiger partial charge in [-0.3, -0.25) is 5.43 Å². The highest BCUT2D eigenvalue weighted by Gasteiger charge is 2.18. The van der Waals surface area contributed by atoms with Crippen molar-refractivity contribution in [3.63, 3.8) is 0 Å². The number of anilines is 2. The average molecular weight is 393 g/mol. The number of carbonyl (C=O) groups is 1. The van der Waals surface area contributed by atoms with Gasteiger partial charge in [-0.05, 0) is 46.7 Å². The average Bonchev–Trinajstić information content (AvgIpc) is 2.81. The Balaban J connectivity index is 1.61. The van der Waals surface area contributed by atoms with E-state index in [0.717, 1.165) is 22.0 Å². The maximum Gasteiger partial charge on any atom is 0.433 e. The number of hydrogen-bond acceptors (Lipinski definition) is 4. The lowest BCUT2D eigenvalue weighted by Crippen LogP contribution is -2.36. The van der Waals surface area contributed by atoms with E-state index in [1.54, 1.807) is 24.3 Å². The minimum Gasteiger partial charge on any atom is -0.443 e. The molecule has 0 radical (unpaired) electrons. The number of hydrazine groups is 1. The molecule has 4 aromatic carbocycles. The second kappa shape index (κ2) is 8.80. The minimum absolute atomic E-state index is 0.146. The highest BCUT2D eigenvalue weighted by Crippen LogP contribution is 2.23. The number of ether oxygens (including phenoxy) is 1. The van der Waals surface area contributed by atoms with Crippen LogP contribution in [0.25, 0.3) is 10.8 Å². The molecular formula is C25H19N3O2. The molecule has 5 nitrogen and oxygen atoms in total. The van der Waals surface area contributed by atoms with Crippen molar-refractivity contribution in [2.75, 3.05) is 10.4 Å². The van der Waals surface area contributed by atoms with Gasteiger partial charge in [0.1, 0.15) is 6.61 Å². The van der Waals surface area contributed by atoms with Gasteiger partial charge in [0.15, 0.2) is 0 Å². The summed E-state index contributed by atoms with van der Waals surface area (Å²) in [5.74, 6) is 0. The van der Waals surface area contributed by atoms with Crippen LogP contribution in [-0.2, 0) is 11.3 Å². The number of rotatable bonds is 5. The number of nitrogens with one attached hydrogen (secondary N) is 1. The number of amides is 1. The van der Waals surface area contributed by atoms with Crippen LogP contribution >= 0.6 is 0 Å². The molecule has 0 aliphatic heterocycles. The van der Waals surface area contributed by atoms with Gasteiger partial charge in [0.2, 0.25) is 0 Å². The van der Waals surface area contributed by atoms with Crippen molar-refractivity contribution in [1.82, 2.24) is 0 Å². The van der Waals surface area contributed by atoms with Gasteiger partial charge in [0, 0.05) is 0 Å². The standard InChI is InChI=1S/C25H19N3O2/c26-17-20-9-6-12-24(15-20)28(25(29)30-18-19-7-2-1-3-8-19)27-23-14-13-21-10-4-5-11-22(21)16-23/h1-16,27H,18H2. The number of fused-ring (bicyclic) bond motifs is 1. The molecule has 0 spiro atoms.